The fraction of sp³-hybridized carbons (Fsp3) is 0.375. The average molecular weight is 275 g/mol. The van der Waals surface area contributed by atoms with Crippen molar-refractivity contribution in [2.75, 3.05) is 11.9 Å². The monoisotopic (exact) mass is 274 g/mol. The van der Waals surface area contributed by atoms with Crippen LogP contribution < -0.4 is 11.1 Å². The maximum atomic E-state index is 10.7. The lowest BCUT2D eigenvalue weighted by molar-refractivity contribution is -0.384. The molecule has 0 radical (unpaired) electrons. The van der Waals surface area contributed by atoms with Gasteiger partial charge in [0.05, 0.1) is 4.92 Å². The number of anilines is 1. The van der Waals surface area contributed by atoms with E-state index in [0.717, 1.165) is 0 Å². The van der Waals surface area contributed by atoms with Gasteiger partial charge in [0.15, 0.2) is 0 Å². The second kappa shape index (κ2) is 5.04. The van der Waals surface area contributed by atoms with Crippen LogP contribution in [0, 0.1) is 10.1 Å². The topological polar surface area (TPSA) is 94.1 Å². The molecule has 1 unspecified atom stereocenters. The number of halogens is 1. The van der Waals surface area contributed by atoms with Crippen molar-refractivity contribution in [1.29, 1.82) is 0 Å². The molecule has 0 saturated carbocycles. The molecule has 0 aliphatic rings. The molecule has 1 heterocycles. The molecule has 0 bridgehead atoms. The third-order valence-electron chi connectivity index (χ3n) is 1.77. The molecular weight excluding hydrogens is 264 g/mol. The number of nitrogens with two attached hydrogens (primary N) is 1. The van der Waals surface area contributed by atoms with Crippen molar-refractivity contribution in [2.45, 2.75) is 13.0 Å². The summed E-state index contributed by atoms with van der Waals surface area (Å²) in [7, 11) is 0. The first-order valence-corrected chi connectivity index (χ1v) is 5.10. The molecule has 3 N–H and O–H groups in total. The maximum Gasteiger partial charge on any atom is 0.312 e. The van der Waals surface area contributed by atoms with Crippen molar-refractivity contribution in [3.05, 3.63) is 26.9 Å². The summed E-state index contributed by atoms with van der Waals surface area (Å²) in [5.74, 6) is 0.237. The van der Waals surface area contributed by atoms with Gasteiger partial charge in [0.25, 0.3) is 0 Å². The molecule has 1 aromatic heterocycles. The van der Waals surface area contributed by atoms with Crippen LogP contribution in [0.5, 0.6) is 0 Å². The summed E-state index contributed by atoms with van der Waals surface area (Å²) in [4.78, 5) is 14.2. The first-order valence-electron chi connectivity index (χ1n) is 4.31. The minimum absolute atomic E-state index is 0.0580. The van der Waals surface area contributed by atoms with Gasteiger partial charge in [0.1, 0.15) is 0 Å². The molecule has 0 fully saturated rings. The maximum absolute atomic E-state index is 10.7. The number of pyridine rings is 1. The Balaban J connectivity index is 3.01. The van der Waals surface area contributed by atoms with E-state index in [4.69, 9.17) is 5.73 Å². The Kier molecular flexibility index (Phi) is 3.98. The Morgan fingerprint density at radius 3 is 3.00 bits per heavy atom. The van der Waals surface area contributed by atoms with E-state index in [-0.39, 0.29) is 17.5 Å². The highest BCUT2D eigenvalue weighted by atomic mass is 79.9. The molecule has 82 valence electrons. The predicted octanol–water partition coefficient (Wildman–Crippen LogP) is 1.51. The zero-order valence-corrected chi connectivity index (χ0v) is 9.69. The van der Waals surface area contributed by atoms with Crippen LogP contribution in [0.1, 0.15) is 6.92 Å². The second-order valence-corrected chi connectivity index (χ2v) is 3.98. The van der Waals surface area contributed by atoms with Gasteiger partial charge in [-0.3, -0.25) is 10.1 Å². The van der Waals surface area contributed by atoms with Crippen LogP contribution in [0.3, 0.4) is 0 Å². The Morgan fingerprint density at radius 1 is 1.80 bits per heavy atom. The van der Waals surface area contributed by atoms with Crippen molar-refractivity contribution in [3.8, 4) is 0 Å². The first kappa shape index (κ1) is 11.9. The van der Waals surface area contributed by atoms with E-state index < -0.39 is 4.92 Å². The molecule has 7 heteroatoms. The number of nitro groups is 1. The van der Waals surface area contributed by atoms with Gasteiger partial charge in [-0.25, -0.2) is 4.98 Å². The molecule has 1 rings (SSSR count). The van der Waals surface area contributed by atoms with Crippen molar-refractivity contribution in [3.63, 3.8) is 0 Å². The third-order valence-corrected chi connectivity index (χ3v) is 2.20. The predicted molar refractivity (Wildman–Crippen MR) is 60.7 cm³/mol. The van der Waals surface area contributed by atoms with Crippen LogP contribution in [0.25, 0.3) is 0 Å². The molecule has 0 spiro atoms. The SMILES string of the molecule is CC(CN)Nc1ncc(Br)cc1[N+](=O)[O-]. The summed E-state index contributed by atoms with van der Waals surface area (Å²) in [6.07, 6.45) is 1.50. The second-order valence-electron chi connectivity index (χ2n) is 3.06. The van der Waals surface area contributed by atoms with Gasteiger partial charge < -0.3 is 11.1 Å². The molecule has 0 saturated heterocycles. The van der Waals surface area contributed by atoms with E-state index in [1.165, 1.54) is 12.3 Å². The van der Waals surface area contributed by atoms with Crippen LogP contribution in [0.4, 0.5) is 11.5 Å². The van der Waals surface area contributed by atoms with E-state index in [9.17, 15) is 10.1 Å². The van der Waals surface area contributed by atoms with Gasteiger partial charge in [-0.2, -0.15) is 0 Å². The van der Waals surface area contributed by atoms with Gasteiger partial charge in [-0.15, -0.1) is 0 Å². The van der Waals surface area contributed by atoms with E-state index in [0.29, 0.717) is 11.0 Å². The molecule has 1 aromatic rings. The van der Waals surface area contributed by atoms with Gasteiger partial charge >= 0.3 is 5.69 Å². The zero-order chi connectivity index (χ0) is 11.4. The van der Waals surface area contributed by atoms with Gasteiger partial charge in [0.2, 0.25) is 5.82 Å². The van der Waals surface area contributed by atoms with Crippen LogP contribution in [0.15, 0.2) is 16.7 Å². The molecule has 1 atom stereocenters. The van der Waals surface area contributed by atoms with Crippen molar-refractivity contribution in [2.24, 2.45) is 5.73 Å². The van der Waals surface area contributed by atoms with Crippen LogP contribution in [-0.2, 0) is 0 Å². The summed E-state index contributed by atoms with van der Waals surface area (Å²) in [6, 6.07) is 1.34. The van der Waals surface area contributed by atoms with E-state index in [1.54, 1.807) is 0 Å². The number of aromatic nitrogens is 1. The van der Waals surface area contributed by atoms with Gasteiger partial charge in [0, 0.05) is 29.3 Å². The zero-order valence-electron chi connectivity index (χ0n) is 8.11. The number of nitrogens with zero attached hydrogens (tertiary/aromatic N) is 2. The highest BCUT2D eigenvalue weighted by molar-refractivity contribution is 9.10. The average Bonchev–Trinajstić information content (AvgIpc) is 2.20. The highest BCUT2D eigenvalue weighted by Gasteiger charge is 2.16. The standard InChI is InChI=1S/C8H11BrN4O2/c1-5(3-10)12-8-7(13(14)15)2-6(9)4-11-8/h2,4-5H,3,10H2,1H3,(H,11,12). The first-order chi connectivity index (χ1) is 7.04. The molecule has 0 amide bonds. The quantitative estimate of drug-likeness (QED) is 0.641. The summed E-state index contributed by atoms with van der Waals surface area (Å²) in [6.45, 7) is 2.21. The molecule has 0 aliphatic carbocycles. The lowest BCUT2D eigenvalue weighted by atomic mass is 10.3. The van der Waals surface area contributed by atoms with Crippen LogP contribution >= 0.6 is 15.9 Å². The van der Waals surface area contributed by atoms with E-state index in [2.05, 4.69) is 26.2 Å². The fourth-order valence-corrected chi connectivity index (χ4v) is 1.29. The van der Waals surface area contributed by atoms with Crippen molar-refractivity contribution in [1.82, 2.24) is 4.98 Å². The Morgan fingerprint density at radius 2 is 2.47 bits per heavy atom. The normalized spacial score (nSPS) is 12.2. The minimum Gasteiger partial charge on any atom is -0.361 e. The molecule has 0 aliphatic heterocycles. The highest BCUT2D eigenvalue weighted by Crippen LogP contribution is 2.25. The van der Waals surface area contributed by atoms with Gasteiger partial charge in [-0.05, 0) is 22.9 Å². The third kappa shape index (κ3) is 3.14. The van der Waals surface area contributed by atoms with Crippen LogP contribution in [0.2, 0.25) is 0 Å². The number of nitrogens with one attached hydrogen (secondary N) is 1. The summed E-state index contributed by atoms with van der Waals surface area (Å²) < 4.78 is 0.570. The molecular formula is C8H11BrN4O2. The lowest BCUT2D eigenvalue weighted by Gasteiger charge is -2.11. The Hall–Kier alpha value is -1.21. The number of hydrogen-bond acceptors (Lipinski definition) is 5. The fourth-order valence-electron chi connectivity index (χ4n) is 0.971. The largest absolute Gasteiger partial charge is 0.361 e. The Labute approximate surface area is 95.2 Å². The summed E-state index contributed by atoms with van der Waals surface area (Å²) in [5.41, 5.74) is 5.34. The molecule has 15 heavy (non-hydrogen) atoms. The number of hydrogen-bond donors (Lipinski definition) is 2. The van der Waals surface area contributed by atoms with Crippen LogP contribution in [-0.4, -0.2) is 22.5 Å². The smallest absolute Gasteiger partial charge is 0.312 e. The lowest BCUT2D eigenvalue weighted by Crippen LogP contribution is -2.26. The molecule has 0 aromatic carbocycles. The van der Waals surface area contributed by atoms with Crippen molar-refractivity contribution >= 4 is 27.4 Å². The summed E-state index contributed by atoms with van der Waals surface area (Å²) in [5, 5.41) is 13.6. The van der Waals surface area contributed by atoms with E-state index >= 15 is 0 Å². The van der Waals surface area contributed by atoms with E-state index in [1.807, 2.05) is 6.92 Å². The Bertz CT molecular complexity index is 372. The molecule has 6 nitrogen and oxygen atoms in total. The summed E-state index contributed by atoms with van der Waals surface area (Å²) >= 11 is 3.13. The minimum atomic E-state index is -0.483. The van der Waals surface area contributed by atoms with Crippen molar-refractivity contribution < 1.29 is 4.92 Å². The van der Waals surface area contributed by atoms with Gasteiger partial charge in [-0.1, -0.05) is 0 Å². The number of rotatable bonds is 4.